The van der Waals surface area contributed by atoms with Gasteiger partial charge in [-0.2, -0.15) is 0 Å². The fraction of sp³-hybridized carbons (Fsp3) is 0.0556. The Morgan fingerprint density at radius 2 is 1.65 bits per heavy atom. The highest BCUT2D eigenvalue weighted by atomic mass is 19.1. The Balaban J connectivity index is 1.66. The molecule has 0 unspecified atom stereocenters. The van der Waals surface area contributed by atoms with Gasteiger partial charge in [0.2, 0.25) is 6.23 Å². The van der Waals surface area contributed by atoms with Crippen LogP contribution >= 0.6 is 0 Å². The number of para-hydroxylation sites is 1. The highest BCUT2D eigenvalue weighted by Crippen LogP contribution is 2.32. The van der Waals surface area contributed by atoms with Crippen LogP contribution in [-0.4, -0.2) is 5.91 Å². The minimum absolute atomic E-state index is 0.235. The number of amides is 1. The van der Waals surface area contributed by atoms with Crippen molar-refractivity contribution in [2.45, 2.75) is 6.23 Å². The first-order valence-corrected chi connectivity index (χ1v) is 7.13. The molecule has 0 radical (unpaired) electrons. The van der Waals surface area contributed by atoms with Gasteiger partial charge in [-0.3, -0.25) is 4.79 Å². The molecular formula is C18H12FNO3. The van der Waals surface area contributed by atoms with Crippen molar-refractivity contribution in [2.24, 2.45) is 0 Å². The van der Waals surface area contributed by atoms with E-state index in [0.29, 0.717) is 28.4 Å². The number of nitrogens with one attached hydrogen (secondary N) is 1. The van der Waals surface area contributed by atoms with E-state index in [1.54, 1.807) is 54.6 Å². The predicted molar refractivity (Wildman–Crippen MR) is 81.4 cm³/mol. The molecule has 0 spiro atoms. The first kappa shape index (κ1) is 13.6. The molecule has 4 nitrogen and oxygen atoms in total. The number of ether oxygens (including phenoxy) is 1. The Kier molecular flexibility index (Phi) is 3.12. The lowest BCUT2D eigenvalue weighted by Crippen LogP contribution is -2.36. The molecule has 23 heavy (non-hydrogen) atoms. The summed E-state index contributed by atoms with van der Waals surface area (Å²) in [6.07, 6.45) is -0.738. The number of carbonyl (C=O) groups is 1. The summed E-state index contributed by atoms with van der Waals surface area (Å²) in [5, 5.41) is 2.72. The Morgan fingerprint density at radius 3 is 2.48 bits per heavy atom. The maximum absolute atomic E-state index is 13.8. The van der Waals surface area contributed by atoms with E-state index < -0.39 is 6.23 Å². The normalized spacial score (nSPS) is 16.4. The average molecular weight is 309 g/mol. The summed E-state index contributed by atoms with van der Waals surface area (Å²) < 4.78 is 25.2. The first-order valence-electron chi connectivity index (χ1n) is 7.13. The van der Waals surface area contributed by atoms with Crippen LogP contribution in [0.5, 0.6) is 5.75 Å². The van der Waals surface area contributed by atoms with E-state index in [4.69, 9.17) is 9.15 Å². The summed E-state index contributed by atoms with van der Waals surface area (Å²) in [5.74, 6) is 0.680. The largest absolute Gasteiger partial charge is 0.462 e. The number of hydrogen-bond donors (Lipinski definition) is 1. The second-order valence-corrected chi connectivity index (χ2v) is 5.15. The van der Waals surface area contributed by atoms with Gasteiger partial charge in [-0.25, -0.2) is 4.39 Å². The molecule has 1 atom stereocenters. The van der Waals surface area contributed by atoms with E-state index in [0.717, 1.165) is 0 Å². The molecule has 0 aliphatic carbocycles. The van der Waals surface area contributed by atoms with Crippen molar-refractivity contribution >= 4 is 5.91 Å². The molecular weight excluding hydrogens is 297 g/mol. The lowest BCUT2D eigenvalue weighted by molar-refractivity contribution is 0.0709. The Morgan fingerprint density at radius 1 is 0.913 bits per heavy atom. The second-order valence-electron chi connectivity index (χ2n) is 5.15. The fourth-order valence-electron chi connectivity index (χ4n) is 2.54. The van der Waals surface area contributed by atoms with Crippen molar-refractivity contribution in [3.8, 4) is 17.1 Å². The van der Waals surface area contributed by atoms with Gasteiger partial charge in [0.1, 0.15) is 17.3 Å². The third-order valence-electron chi connectivity index (χ3n) is 3.66. The zero-order valence-electron chi connectivity index (χ0n) is 12.0. The molecule has 1 aromatic heterocycles. The van der Waals surface area contributed by atoms with Gasteiger partial charge >= 0.3 is 0 Å². The Labute approximate surface area is 131 Å². The van der Waals surface area contributed by atoms with Gasteiger partial charge in [-0.1, -0.05) is 24.3 Å². The third-order valence-corrected chi connectivity index (χ3v) is 3.66. The maximum atomic E-state index is 13.8. The van der Waals surface area contributed by atoms with Crippen LogP contribution in [0.2, 0.25) is 0 Å². The number of carbonyl (C=O) groups excluding carboxylic acids is 1. The standard InChI is InChI=1S/C18H12FNO3/c19-13-7-3-1-5-11(13)15-9-10-16(22-15)18-20-17(21)12-6-2-4-8-14(12)23-18/h1-10,18H,(H,20,21)/t18-/m0/s1. The molecule has 2 aromatic carbocycles. The molecule has 0 saturated carbocycles. The van der Waals surface area contributed by atoms with E-state index in [1.165, 1.54) is 6.07 Å². The van der Waals surface area contributed by atoms with E-state index >= 15 is 0 Å². The van der Waals surface area contributed by atoms with Crippen LogP contribution in [0.15, 0.2) is 65.1 Å². The van der Waals surface area contributed by atoms with Crippen LogP contribution in [0, 0.1) is 5.82 Å². The van der Waals surface area contributed by atoms with Crippen molar-refractivity contribution in [2.75, 3.05) is 0 Å². The van der Waals surface area contributed by atoms with Gasteiger partial charge < -0.3 is 14.5 Å². The van der Waals surface area contributed by atoms with E-state index in [1.807, 2.05) is 0 Å². The average Bonchev–Trinajstić information content (AvgIpc) is 3.05. The number of rotatable bonds is 2. The maximum Gasteiger partial charge on any atom is 0.258 e. The van der Waals surface area contributed by atoms with Crippen LogP contribution in [0.3, 0.4) is 0 Å². The van der Waals surface area contributed by atoms with Crippen LogP contribution in [-0.2, 0) is 0 Å². The number of halogens is 1. The number of fused-ring (bicyclic) bond motifs is 1. The number of hydrogen-bond acceptors (Lipinski definition) is 3. The lowest BCUT2D eigenvalue weighted by Gasteiger charge is -2.25. The van der Waals surface area contributed by atoms with Gasteiger partial charge in [-0.05, 0) is 36.4 Å². The SMILES string of the molecule is O=C1N[C@H](c2ccc(-c3ccccc3F)o2)Oc2ccccc21. The molecule has 2 heterocycles. The molecule has 1 aliphatic rings. The monoisotopic (exact) mass is 309 g/mol. The van der Waals surface area contributed by atoms with Crippen LogP contribution in [0.25, 0.3) is 11.3 Å². The van der Waals surface area contributed by atoms with Gasteiger partial charge in [0.05, 0.1) is 11.1 Å². The van der Waals surface area contributed by atoms with Crippen LogP contribution in [0.1, 0.15) is 22.3 Å². The molecule has 5 heteroatoms. The molecule has 114 valence electrons. The van der Waals surface area contributed by atoms with Gasteiger partial charge in [0, 0.05) is 0 Å². The smallest absolute Gasteiger partial charge is 0.258 e. The number of furan rings is 1. The summed E-state index contributed by atoms with van der Waals surface area (Å²) in [4.78, 5) is 12.1. The first-order chi connectivity index (χ1) is 11.2. The molecule has 0 fully saturated rings. The summed E-state index contributed by atoms with van der Waals surface area (Å²) in [5.41, 5.74) is 0.839. The van der Waals surface area contributed by atoms with E-state index in [-0.39, 0.29) is 11.7 Å². The zero-order chi connectivity index (χ0) is 15.8. The summed E-state index contributed by atoms with van der Waals surface area (Å²) in [6, 6.07) is 16.6. The number of benzene rings is 2. The quantitative estimate of drug-likeness (QED) is 0.781. The van der Waals surface area contributed by atoms with Crippen LogP contribution in [0.4, 0.5) is 4.39 Å². The van der Waals surface area contributed by atoms with Gasteiger partial charge in [0.25, 0.3) is 5.91 Å². The van der Waals surface area contributed by atoms with Gasteiger partial charge in [-0.15, -0.1) is 0 Å². The minimum atomic E-state index is -0.738. The van der Waals surface area contributed by atoms with E-state index in [9.17, 15) is 9.18 Å². The van der Waals surface area contributed by atoms with Crippen LogP contribution < -0.4 is 10.1 Å². The Bertz CT molecular complexity index is 887. The minimum Gasteiger partial charge on any atom is -0.462 e. The fourth-order valence-corrected chi connectivity index (χ4v) is 2.54. The van der Waals surface area contributed by atoms with E-state index in [2.05, 4.69) is 5.32 Å². The summed E-state index contributed by atoms with van der Waals surface area (Å²) >= 11 is 0. The molecule has 1 amide bonds. The zero-order valence-corrected chi connectivity index (χ0v) is 12.0. The predicted octanol–water partition coefficient (Wildman–Crippen LogP) is 3.91. The summed E-state index contributed by atoms with van der Waals surface area (Å²) in [6.45, 7) is 0. The molecule has 0 saturated heterocycles. The third kappa shape index (κ3) is 2.36. The molecule has 3 aromatic rings. The highest BCUT2D eigenvalue weighted by Gasteiger charge is 2.28. The molecule has 4 rings (SSSR count). The van der Waals surface area contributed by atoms with Gasteiger partial charge in [0.15, 0.2) is 5.76 Å². The van der Waals surface area contributed by atoms with Crippen molar-refractivity contribution in [1.82, 2.24) is 5.32 Å². The van der Waals surface area contributed by atoms with Crippen molar-refractivity contribution in [1.29, 1.82) is 0 Å². The van der Waals surface area contributed by atoms with Crippen molar-refractivity contribution in [3.05, 3.63) is 77.8 Å². The topological polar surface area (TPSA) is 51.5 Å². The Hall–Kier alpha value is -3.08. The lowest BCUT2D eigenvalue weighted by atomic mass is 10.1. The molecule has 1 N–H and O–H groups in total. The summed E-state index contributed by atoms with van der Waals surface area (Å²) in [7, 11) is 0. The van der Waals surface area contributed by atoms with Crippen molar-refractivity contribution in [3.63, 3.8) is 0 Å². The second kappa shape index (κ2) is 5.28. The van der Waals surface area contributed by atoms with Crippen molar-refractivity contribution < 1.29 is 18.3 Å². The highest BCUT2D eigenvalue weighted by molar-refractivity contribution is 5.97. The molecule has 1 aliphatic heterocycles. The molecule has 0 bridgehead atoms.